The third-order valence-corrected chi connectivity index (χ3v) is 4.86. The second kappa shape index (κ2) is 8.60. The molecule has 1 amide bonds. The molecular weight excluding hydrogens is 440 g/mol. The van der Waals surface area contributed by atoms with Gasteiger partial charge in [0.15, 0.2) is 29.1 Å². The highest BCUT2D eigenvalue weighted by Crippen LogP contribution is 2.30. The fraction of sp³-hybridized carbons (Fsp3) is 0.105. The predicted octanol–water partition coefficient (Wildman–Crippen LogP) is 4.66. The fourth-order valence-corrected chi connectivity index (χ4v) is 3.47. The Morgan fingerprint density at radius 3 is 2.77 bits per heavy atom. The van der Waals surface area contributed by atoms with Crippen LogP contribution in [0.2, 0.25) is 0 Å². The summed E-state index contributed by atoms with van der Waals surface area (Å²) < 4.78 is 62.5. The van der Waals surface area contributed by atoms with Crippen LogP contribution in [0.1, 0.15) is 10.5 Å². The number of rotatable bonds is 7. The molecule has 0 aliphatic heterocycles. The Morgan fingerprint density at radius 1 is 1.16 bits per heavy atom. The van der Waals surface area contributed by atoms with Crippen LogP contribution in [-0.2, 0) is 6.73 Å². The summed E-state index contributed by atoms with van der Waals surface area (Å²) in [6.07, 6.45) is 1.45. The van der Waals surface area contributed by atoms with Crippen molar-refractivity contribution in [2.75, 3.05) is 5.32 Å². The summed E-state index contributed by atoms with van der Waals surface area (Å²) in [7, 11) is 0. The molecule has 0 bridgehead atoms. The average molecular weight is 452 g/mol. The molecule has 31 heavy (non-hydrogen) atoms. The minimum atomic E-state index is -2.94. The molecule has 0 aliphatic rings. The molecule has 12 heteroatoms. The number of anilines is 1. The normalized spacial score (nSPS) is 11.1. The lowest BCUT2D eigenvalue weighted by molar-refractivity contribution is -0.0497. The van der Waals surface area contributed by atoms with Crippen molar-refractivity contribution in [3.63, 3.8) is 0 Å². The molecule has 0 radical (unpaired) electrons. The van der Waals surface area contributed by atoms with Crippen molar-refractivity contribution in [3.05, 3.63) is 66.0 Å². The highest BCUT2D eigenvalue weighted by atomic mass is 32.1. The minimum Gasteiger partial charge on any atom is -0.468 e. The fourth-order valence-electron chi connectivity index (χ4n) is 2.58. The summed E-state index contributed by atoms with van der Waals surface area (Å²) in [5.41, 5.74) is 0.548. The Kier molecular flexibility index (Phi) is 5.71. The molecule has 0 saturated carbocycles. The summed E-state index contributed by atoms with van der Waals surface area (Å²) in [4.78, 5) is 16.6. The minimum absolute atomic E-state index is 0.0136. The standard InChI is InChI=1S/C19H12F4N4O3S/c20-10-1-4-15(12(21)7-10)29-9-27-6-5-14(26-27)17(28)25-19-24-13-3-2-11(30-18(22)23)8-16(13)31-19/h1-8,18H,9H2,(H,24,25,28). The van der Waals surface area contributed by atoms with Crippen LogP contribution in [-0.4, -0.2) is 27.3 Å². The topological polar surface area (TPSA) is 78.3 Å². The highest BCUT2D eigenvalue weighted by Gasteiger charge is 2.14. The van der Waals surface area contributed by atoms with Crippen LogP contribution in [0.25, 0.3) is 10.2 Å². The molecule has 0 unspecified atom stereocenters. The Labute approximate surface area is 175 Å². The molecule has 2 aromatic heterocycles. The lowest BCUT2D eigenvalue weighted by atomic mass is 10.3. The molecule has 4 aromatic rings. The van der Waals surface area contributed by atoms with Crippen molar-refractivity contribution in [1.29, 1.82) is 0 Å². The van der Waals surface area contributed by atoms with Crippen LogP contribution in [0.3, 0.4) is 0 Å². The van der Waals surface area contributed by atoms with Gasteiger partial charge in [0.2, 0.25) is 0 Å². The van der Waals surface area contributed by atoms with E-state index in [2.05, 4.69) is 20.1 Å². The van der Waals surface area contributed by atoms with E-state index >= 15 is 0 Å². The molecule has 2 aromatic carbocycles. The summed E-state index contributed by atoms with van der Waals surface area (Å²) >= 11 is 1.08. The van der Waals surface area contributed by atoms with Gasteiger partial charge < -0.3 is 9.47 Å². The molecule has 4 rings (SSSR count). The van der Waals surface area contributed by atoms with E-state index in [0.29, 0.717) is 16.3 Å². The maximum absolute atomic E-state index is 13.6. The number of amides is 1. The van der Waals surface area contributed by atoms with Crippen LogP contribution >= 0.6 is 11.3 Å². The van der Waals surface area contributed by atoms with Crippen molar-refractivity contribution >= 4 is 32.6 Å². The monoisotopic (exact) mass is 452 g/mol. The zero-order valence-corrected chi connectivity index (χ0v) is 16.2. The molecule has 0 atom stereocenters. The van der Waals surface area contributed by atoms with Crippen LogP contribution in [0, 0.1) is 11.6 Å². The first-order valence-electron chi connectivity index (χ1n) is 8.65. The lowest BCUT2D eigenvalue weighted by Crippen LogP contribution is -2.14. The molecule has 2 heterocycles. The van der Waals surface area contributed by atoms with Crippen LogP contribution in [0.4, 0.5) is 22.7 Å². The van der Waals surface area contributed by atoms with Crippen LogP contribution in [0.15, 0.2) is 48.7 Å². The number of carbonyl (C=O) groups excluding carboxylic acids is 1. The highest BCUT2D eigenvalue weighted by molar-refractivity contribution is 7.22. The van der Waals surface area contributed by atoms with Gasteiger partial charge in [0, 0.05) is 12.3 Å². The Morgan fingerprint density at radius 2 is 2.00 bits per heavy atom. The van der Waals surface area contributed by atoms with E-state index in [9.17, 15) is 22.4 Å². The van der Waals surface area contributed by atoms with Crippen molar-refractivity contribution in [1.82, 2.24) is 14.8 Å². The number of carbonyl (C=O) groups is 1. The van der Waals surface area contributed by atoms with E-state index < -0.39 is 24.2 Å². The number of fused-ring (bicyclic) bond motifs is 1. The maximum Gasteiger partial charge on any atom is 0.387 e. The van der Waals surface area contributed by atoms with E-state index in [-0.39, 0.29) is 29.1 Å². The number of nitrogens with zero attached hydrogens (tertiary/aromatic N) is 3. The van der Waals surface area contributed by atoms with Crippen molar-refractivity contribution in [2.24, 2.45) is 0 Å². The third kappa shape index (κ3) is 4.91. The largest absolute Gasteiger partial charge is 0.468 e. The molecule has 0 spiro atoms. The lowest BCUT2D eigenvalue weighted by Gasteiger charge is -2.07. The second-order valence-electron chi connectivity index (χ2n) is 6.07. The first-order valence-corrected chi connectivity index (χ1v) is 9.47. The van der Waals surface area contributed by atoms with E-state index in [0.717, 1.165) is 23.5 Å². The molecule has 7 nitrogen and oxygen atoms in total. The molecule has 160 valence electrons. The van der Waals surface area contributed by atoms with Gasteiger partial charge in [-0.1, -0.05) is 11.3 Å². The van der Waals surface area contributed by atoms with E-state index in [4.69, 9.17) is 4.74 Å². The third-order valence-electron chi connectivity index (χ3n) is 3.93. The number of benzene rings is 2. The molecule has 0 saturated heterocycles. The summed E-state index contributed by atoms with van der Waals surface area (Å²) in [6, 6.07) is 8.56. The average Bonchev–Trinajstić information content (AvgIpc) is 3.33. The predicted molar refractivity (Wildman–Crippen MR) is 103 cm³/mol. The van der Waals surface area contributed by atoms with Crippen LogP contribution in [0.5, 0.6) is 11.5 Å². The van der Waals surface area contributed by atoms with Crippen LogP contribution < -0.4 is 14.8 Å². The van der Waals surface area contributed by atoms with E-state index in [1.165, 1.54) is 35.1 Å². The zero-order chi connectivity index (χ0) is 22.0. The van der Waals surface area contributed by atoms with E-state index in [1.807, 2.05) is 0 Å². The van der Waals surface area contributed by atoms with Gasteiger partial charge in [-0.2, -0.15) is 13.9 Å². The van der Waals surface area contributed by atoms with Gasteiger partial charge in [-0.15, -0.1) is 0 Å². The van der Waals surface area contributed by atoms with Gasteiger partial charge >= 0.3 is 6.61 Å². The van der Waals surface area contributed by atoms with Crippen molar-refractivity contribution < 1.29 is 31.8 Å². The molecule has 1 N–H and O–H groups in total. The molecular formula is C19H12F4N4O3S. The van der Waals surface area contributed by atoms with Crippen molar-refractivity contribution in [2.45, 2.75) is 13.3 Å². The first-order chi connectivity index (χ1) is 14.9. The molecule has 0 aliphatic carbocycles. The summed E-state index contributed by atoms with van der Waals surface area (Å²) in [5, 5.41) is 6.84. The number of halogens is 4. The number of hydrogen-bond donors (Lipinski definition) is 1. The summed E-state index contributed by atoms with van der Waals surface area (Å²) in [5.74, 6) is -2.32. The van der Waals surface area contributed by atoms with E-state index in [1.54, 1.807) is 0 Å². The van der Waals surface area contributed by atoms with Gasteiger partial charge in [0.1, 0.15) is 11.6 Å². The second-order valence-corrected chi connectivity index (χ2v) is 7.10. The number of nitrogens with one attached hydrogen (secondary N) is 1. The van der Waals surface area contributed by atoms with Gasteiger partial charge in [-0.25, -0.2) is 18.4 Å². The Balaban J connectivity index is 1.40. The Hall–Kier alpha value is -3.67. The number of hydrogen-bond acceptors (Lipinski definition) is 6. The quantitative estimate of drug-likeness (QED) is 0.413. The summed E-state index contributed by atoms with van der Waals surface area (Å²) in [6.45, 7) is -3.15. The van der Waals surface area contributed by atoms with Crippen molar-refractivity contribution in [3.8, 4) is 11.5 Å². The SMILES string of the molecule is O=C(Nc1nc2ccc(OC(F)F)cc2s1)c1ccn(COc2ccc(F)cc2F)n1. The number of ether oxygens (including phenoxy) is 2. The Bertz CT molecular complexity index is 1240. The smallest absolute Gasteiger partial charge is 0.387 e. The number of aromatic nitrogens is 3. The maximum atomic E-state index is 13.6. The van der Waals surface area contributed by atoms with Gasteiger partial charge in [-0.05, 0) is 36.4 Å². The number of alkyl halides is 2. The first kappa shape index (κ1) is 20.6. The van der Waals surface area contributed by atoms with Gasteiger partial charge in [0.05, 0.1) is 10.2 Å². The number of thiazole rings is 1. The molecule has 0 fully saturated rings. The zero-order valence-electron chi connectivity index (χ0n) is 15.4. The van der Waals surface area contributed by atoms with Gasteiger partial charge in [0.25, 0.3) is 5.91 Å². The van der Waals surface area contributed by atoms with Gasteiger partial charge in [-0.3, -0.25) is 10.1 Å².